The van der Waals surface area contributed by atoms with Gasteiger partial charge in [0.2, 0.25) is 0 Å². The molecule has 15 heavy (non-hydrogen) atoms. The smallest absolute Gasteiger partial charge is 0.148 e. The third kappa shape index (κ3) is 2.00. The summed E-state index contributed by atoms with van der Waals surface area (Å²) in [7, 11) is 1.76. The maximum atomic E-state index is 5.86. The summed E-state index contributed by atoms with van der Waals surface area (Å²) in [5.41, 5.74) is 8.24. The van der Waals surface area contributed by atoms with Crippen LogP contribution in [0.2, 0.25) is 0 Å². The van der Waals surface area contributed by atoms with Gasteiger partial charge in [-0.25, -0.2) is 0 Å². The van der Waals surface area contributed by atoms with Crippen LogP contribution < -0.4 is 5.73 Å². The molecule has 0 aliphatic heterocycles. The second-order valence-corrected chi connectivity index (χ2v) is 4.72. The molecule has 1 aliphatic carbocycles. The topological polar surface area (TPSA) is 63.9 Å². The van der Waals surface area contributed by atoms with E-state index in [0.717, 1.165) is 12.8 Å². The molecule has 4 heteroatoms. The summed E-state index contributed by atoms with van der Waals surface area (Å²) in [6, 6.07) is 0. The number of ether oxygens (including phenoxy) is 1. The molecule has 0 saturated heterocycles. The van der Waals surface area contributed by atoms with Crippen molar-refractivity contribution >= 4 is 5.82 Å². The third-order valence-electron chi connectivity index (χ3n) is 2.95. The van der Waals surface area contributed by atoms with Gasteiger partial charge in [-0.15, -0.1) is 0 Å². The lowest BCUT2D eigenvalue weighted by Crippen LogP contribution is -2.01. The van der Waals surface area contributed by atoms with Crippen LogP contribution in [-0.2, 0) is 11.2 Å². The van der Waals surface area contributed by atoms with E-state index in [1.165, 1.54) is 11.3 Å². The monoisotopic (exact) mass is 209 g/mol. The fourth-order valence-electron chi connectivity index (χ4n) is 2.06. The average Bonchev–Trinajstić information content (AvgIpc) is 2.88. The van der Waals surface area contributed by atoms with Crippen molar-refractivity contribution in [2.24, 2.45) is 5.92 Å². The Labute approximate surface area is 90.2 Å². The summed E-state index contributed by atoms with van der Waals surface area (Å²) in [6.45, 7) is 4.38. The Bertz CT molecular complexity index is 346. The molecule has 2 rings (SSSR count). The predicted molar refractivity (Wildman–Crippen MR) is 59.7 cm³/mol. The molecule has 1 aromatic rings. The third-order valence-corrected chi connectivity index (χ3v) is 2.95. The number of H-pyrrole nitrogens is 1. The Kier molecular flexibility index (Phi) is 2.69. The number of nitrogens with two attached hydrogens (primary N) is 1. The summed E-state index contributed by atoms with van der Waals surface area (Å²) >= 11 is 0. The number of hydrogen-bond donors (Lipinski definition) is 2. The van der Waals surface area contributed by atoms with E-state index in [9.17, 15) is 0 Å². The lowest BCUT2D eigenvalue weighted by atomic mass is 10.0. The highest BCUT2D eigenvalue weighted by Crippen LogP contribution is 2.44. The molecule has 0 spiro atoms. The summed E-state index contributed by atoms with van der Waals surface area (Å²) < 4.78 is 5.31. The molecule has 0 amide bonds. The first-order chi connectivity index (χ1) is 7.13. The molecule has 0 radical (unpaired) electrons. The number of aromatic amines is 1. The normalized spacial score (nSPS) is 24.8. The van der Waals surface area contributed by atoms with Gasteiger partial charge in [0, 0.05) is 24.3 Å². The Balaban J connectivity index is 2.17. The zero-order chi connectivity index (χ0) is 11.0. The number of anilines is 1. The van der Waals surface area contributed by atoms with Gasteiger partial charge in [-0.3, -0.25) is 5.10 Å². The number of nitrogens with zero attached hydrogens (tertiary/aromatic N) is 1. The van der Waals surface area contributed by atoms with Crippen LogP contribution in [0.1, 0.15) is 37.4 Å². The maximum absolute atomic E-state index is 5.86. The van der Waals surface area contributed by atoms with Crippen molar-refractivity contribution in [3.05, 3.63) is 11.3 Å². The van der Waals surface area contributed by atoms with Crippen LogP contribution in [0.15, 0.2) is 0 Å². The minimum atomic E-state index is 0.357. The van der Waals surface area contributed by atoms with E-state index in [2.05, 4.69) is 24.0 Å². The molecule has 2 unspecified atom stereocenters. The minimum Gasteiger partial charge on any atom is -0.382 e. The first-order valence-electron chi connectivity index (χ1n) is 5.48. The summed E-state index contributed by atoms with van der Waals surface area (Å²) in [6.07, 6.45) is 2.43. The fourth-order valence-corrected chi connectivity index (χ4v) is 2.06. The van der Waals surface area contributed by atoms with Gasteiger partial charge in [-0.2, -0.15) is 5.10 Å². The van der Waals surface area contributed by atoms with Gasteiger partial charge < -0.3 is 10.5 Å². The Hall–Kier alpha value is -1.03. The van der Waals surface area contributed by atoms with Crippen LogP contribution >= 0.6 is 0 Å². The Morgan fingerprint density at radius 2 is 2.33 bits per heavy atom. The minimum absolute atomic E-state index is 0.357. The highest BCUT2D eigenvalue weighted by molar-refractivity contribution is 5.45. The summed E-state index contributed by atoms with van der Waals surface area (Å²) in [5, 5.41) is 7.15. The molecule has 1 fully saturated rings. The van der Waals surface area contributed by atoms with Crippen LogP contribution in [-0.4, -0.2) is 23.4 Å². The van der Waals surface area contributed by atoms with Crippen molar-refractivity contribution in [1.82, 2.24) is 10.2 Å². The molecule has 0 aromatic carbocycles. The number of rotatable bonds is 4. The van der Waals surface area contributed by atoms with E-state index in [-0.39, 0.29) is 0 Å². The van der Waals surface area contributed by atoms with Crippen LogP contribution in [0.3, 0.4) is 0 Å². The fraction of sp³-hybridized carbons (Fsp3) is 0.727. The van der Waals surface area contributed by atoms with Gasteiger partial charge in [-0.05, 0) is 18.8 Å². The standard InChI is InChI=1S/C11H19N3O/c1-6(2)4-8-10(13-14-11(8)12)7-5-9(7)15-3/h6-7,9H,4-5H2,1-3H3,(H3,12,13,14). The molecule has 2 atom stereocenters. The highest BCUT2D eigenvalue weighted by Gasteiger charge is 2.41. The van der Waals surface area contributed by atoms with Crippen molar-refractivity contribution in [3.63, 3.8) is 0 Å². The number of hydrogen-bond acceptors (Lipinski definition) is 3. The van der Waals surface area contributed by atoms with Crippen molar-refractivity contribution in [2.45, 2.75) is 38.7 Å². The lowest BCUT2D eigenvalue weighted by Gasteiger charge is -2.06. The van der Waals surface area contributed by atoms with Gasteiger partial charge in [-0.1, -0.05) is 13.8 Å². The molecule has 4 nitrogen and oxygen atoms in total. The van der Waals surface area contributed by atoms with Crippen molar-refractivity contribution in [2.75, 3.05) is 12.8 Å². The Morgan fingerprint density at radius 3 is 2.87 bits per heavy atom. The Morgan fingerprint density at radius 1 is 1.60 bits per heavy atom. The van der Waals surface area contributed by atoms with E-state index in [4.69, 9.17) is 10.5 Å². The molecule has 1 aliphatic rings. The second-order valence-electron chi connectivity index (χ2n) is 4.72. The van der Waals surface area contributed by atoms with Gasteiger partial charge in [0.25, 0.3) is 0 Å². The number of methoxy groups -OCH3 is 1. The molecule has 0 bridgehead atoms. The number of nitrogens with one attached hydrogen (secondary N) is 1. The van der Waals surface area contributed by atoms with Crippen LogP contribution in [0.25, 0.3) is 0 Å². The zero-order valence-corrected chi connectivity index (χ0v) is 9.58. The van der Waals surface area contributed by atoms with E-state index in [1.54, 1.807) is 7.11 Å². The van der Waals surface area contributed by atoms with E-state index in [0.29, 0.717) is 23.8 Å². The number of nitrogen functional groups attached to an aromatic ring is 1. The van der Waals surface area contributed by atoms with Gasteiger partial charge in [0.1, 0.15) is 5.82 Å². The van der Waals surface area contributed by atoms with E-state index < -0.39 is 0 Å². The molecule has 3 N–H and O–H groups in total. The SMILES string of the molecule is COC1CC1c1[nH]nc(N)c1CC(C)C. The van der Waals surface area contributed by atoms with Gasteiger partial charge >= 0.3 is 0 Å². The predicted octanol–water partition coefficient (Wildman–Crippen LogP) is 1.69. The molecular formula is C11H19N3O. The number of aromatic nitrogens is 2. The molecule has 1 aromatic heterocycles. The van der Waals surface area contributed by atoms with Gasteiger partial charge in [0.15, 0.2) is 0 Å². The van der Waals surface area contributed by atoms with E-state index in [1.807, 2.05) is 0 Å². The molecule has 84 valence electrons. The average molecular weight is 209 g/mol. The first-order valence-corrected chi connectivity index (χ1v) is 5.48. The van der Waals surface area contributed by atoms with Crippen LogP contribution in [0.5, 0.6) is 0 Å². The zero-order valence-electron chi connectivity index (χ0n) is 9.58. The lowest BCUT2D eigenvalue weighted by molar-refractivity contribution is 0.177. The molecule has 1 saturated carbocycles. The first kappa shape index (κ1) is 10.5. The van der Waals surface area contributed by atoms with E-state index >= 15 is 0 Å². The van der Waals surface area contributed by atoms with Crippen molar-refractivity contribution < 1.29 is 4.74 Å². The maximum Gasteiger partial charge on any atom is 0.148 e. The molecular weight excluding hydrogens is 190 g/mol. The van der Waals surface area contributed by atoms with Crippen LogP contribution in [0, 0.1) is 5.92 Å². The largest absolute Gasteiger partial charge is 0.382 e. The van der Waals surface area contributed by atoms with Crippen LogP contribution in [0.4, 0.5) is 5.82 Å². The van der Waals surface area contributed by atoms with Gasteiger partial charge in [0.05, 0.1) is 6.10 Å². The van der Waals surface area contributed by atoms with Crippen molar-refractivity contribution in [1.29, 1.82) is 0 Å². The summed E-state index contributed by atoms with van der Waals surface area (Å²) in [4.78, 5) is 0. The molecule has 1 heterocycles. The second kappa shape index (κ2) is 3.85. The summed E-state index contributed by atoms with van der Waals surface area (Å²) in [5.74, 6) is 1.73. The quantitative estimate of drug-likeness (QED) is 0.793. The van der Waals surface area contributed by atoms with Crippen molar-refractivity contribution in [3.8, 4) is 0 Å². The highest BCUT2D eigenvalue weighted by atomic mass is 16.5.